The summed E-state index contributed by atoms with van der Waals surface area (Å²) >= 11 is 0. The molecule has 1 aliphatic rings. The fraction of sp³-hybridized carbons (Fsp3) is 0.769. The summed E-state index contributed by atoms with van der Waals surface area (Å²) in [7, 11) is 0. The van der Waals surface area contributed by atoms with E-state index in [1.54, 1.807) is 4.90 Å². The number of carboxylic acids is 1. The Morgan fingerprint density at radius 2 is 2.21 bits per heavy atom. The zero-order chi connectivity index (χ0) is 14.4. The van der Waals surface area contributed by atoms with Gasteiger partial charge in [-0.25, -0.2) is 9.59 Å². The average molecular weight is 267 g/mol. The van der Waals surface area contributed by atoms with Crippen molar-refractivity contribution in [3.05, 3.63) is 0 Å². The predicted octanol–water partition coefficient (Wildman–Crippen LogP) is 1.53. The van der Waals surface area contributed by atoms with E-state index in [0.29, 0.717) is 26.1 Å². The molecule has 0 spiro atoms. The van der Waals surface area contributed by atoms with E-state index in [4.69, 9.17) is 10.4 Å². The second-order valence-electron chi connectivity index (χ2n) is 5.22. The number of carbonyl (C=O) groups excluding carboxylic acids is 1. The van der Waals surface area contributed by atoms with Crippen molar-refractivity contribution in [1.82, 2.24) is 9.80 Å². The summed E-state index contributed by atoms with van der Waals surface area (Å²) in [6.45, 7) is 5.37. The maximum Gasteiger partial charge on any atom is 0.326 e. The summed E-state index contributed by atoms with van der Waals surface area (Å²) in [6, 6.07) is 1.05. The van der Waals surface area contributed by atoms with Gasteiger partial charge in [0.15, 0.2) is 0 Å². The third-order valence-electron chi connectivity index (χ3n) is 3.13. The lowest BCUT2D eigenvalue weighted by atomic mass is 10.2. The number of hydrogen-bond acceptors (Lipinski definition) is 3. The van der Waals surface area contributed by atoms with Crippen LogP contribution >= 0.6 is 0 Å². The third kappa shape index (κ3) is 4.12. The molecule has 0 radical (unpaired) electrons. The van der Waals surface area contributed by atoms with E-state index < -0.39 is 12.0 Å². The molecule has 1 atom stereocenters. The zero-order valence-electron chi connectivity index (χ0n) is 11.5. The maximum atomic E-state index is 12.4. The first-order valence-electron chi connectivity index (χ1n) is 6.62. The zero-order valence-corrected chi connectivity index (χ0v) is 11.5. The average Bonchev–Trinajstić information content (AvgIpc) is 2.82. The van der Waals surface area contributed by atoms with Crippen LogP contribution in [-0.2, 0) is 4.79 Å². The van der Waals surface area contributed by atoms with Gasteiger partial charge in [-0.1, -0.05) is 13.8 Å². The Morgan fingerprint density at radius 1 is 1.53 bits per heavy atom. The van der Waals surface area contributed by atoms with Crippen LogP contribution in [0.3, 0.4) is 0 Å². The molecule has 1 fully saturated rings. The number of nitrogens with zero attached hydrogens (tertiary/aromatic N) is 3. The second kappa shape index (κ2) is 6.98. The molecule has 0 saturated carbocycles. The molecular formula is C13H21N3O3. The number of nitriles is 1. The number of carbonyl (C=O) groups is 2. The van der Waals surface area contributed by atoms with Crippen molar-refractivity contribution in [3.8, 4) is 6.07 Å². The lowest BCUT2D eigenvalue weighted by Crippen LogP contribution is -2.49. The molecule has 0 aromatic carbocycles. The number of amides is 2. The molecule has 1 saturated heterocycles. The highest BCUT2D eigenvalue weighted by atomic mass is 16.4. The molecule has 106 valence electrons. The fourth-order valence-electron chi connectivity index (χ4n) is 2.32. The highest BCUT2D eigenvalue weighted by molar-refractivity contribution is 5.83. The van der Waals surface area contributed by atoms with Crippen LogP contribution in [0.25, 0.3) is 0 Å². The lowest BCUT2D eigenvalue weighted by Gasteiger charge is -2.31. The lowest BCUT2D eigenvalue weighted by molar-refractivity contribution is -0.141. The van der Waals surface area contributed by atoms with Crippen LogP contribution in [0.15, 0.2) is 0 Å². The van der Waals surface area contributed by atoms with E-state index in [-0.39, 0.29) is 18.4 Å². The topological polar surface area (TPSA) is 84.6 Å². The monoisotopic (exact) mass is 267 g/mol. The van der Waals surface area contributed by atoms with Gasteiger partial charge in [0, 0.05) is 19.6 Å². The minimum atomic E-state index is -0.948. The van der Waals surface area contributed by atoms with Crippen LogP contribution in [0, 0.1) is 17.2 Å². The van der Waals surface area contributed by atoms with Crippen molar-refractivity contribution < 1.29 is 14.7 Å². The quantitative estimate of drug-likeness (QED) is 0.818. The van der Waals surface area contributed by atoms with Crippen LogP contribution < -0.4 is 0 Å². The van der Waals surface area contributed by atoms with Gasteiger partial charge < -0.3 is 14.9 Å². The minimum Gasteiger partial charge on any atom is -0.480 e. The molecule has 1 heterocycles. The number of urea groups is 1. The normalized spacial score (nSPS) is 18.4. The molecule has 0 aromatic heterocycles. The second-order valence-corrected chi connectivity index (χ2v) is 5.22. The van der Waals surface area contributed by atoms with E-state index in [9.17, 15) is 9.59 Å². The molecular weight excluding hydrogens is 246 g/mol. The maximum absolute atomic E-state index is 12.4. The Labute approximate surface area is 113 Å². The summed E-state index contributed by atoms with van der Waals surface area (Å²) in [5, 5.41) is 17.7. The molecule has 1 unspecified atom stereocenters. The summed E-state index contributed by atoms with van der Waals surface area (Å²) in [5.41, 5.74) is 0. The van der Waals surface area contributed by atoms with Gasteiger partial charge in [0.05, 0.1) is 12.5 Å². The first-order chi connectivity index (χ1) is 8.97. The highest BCUT2D eigenvalue weighted by Gasteiger charge is 2.36. The van der Waals surface area contributed by atoms with Gasteiger partial charge in [0.25, 0.3) is 0 Å². The largest absolute Gasteiger partial charge is 0.480 e. The Hall–Kier alpha value is -1.77. The minimum absolute atomic E-state index is 0.256. The van der Waals surface area contributed by atoms with Crippen molar-refractivity contribution in [2.75, 3.05) is 19.6 Å². The van der Waals surface area contributed by atoms with Crippen LogP contribution in [-0.4, -0.2) is 52.6 Å². The van der Waals surface area contributed by atoms with Gasteiger partial charge >= 0.3 is 12.0 Å². The van der Waals surface area contributed by atoms with Gasteiger partial charge in [-0.3, -0.25) is 0 Å². The molecule has 0 bridgehead atoms. The highest BCUT2D eigenvalue weighted by Crippen LogP contribution is 2.20. The Balaban J connectivity index is 2.74. The van der Waals surface area contributed by atoms with Crippen LogP contribution in [0.5, 0.6) is 0 Å². The van der Waals surface area contributed by atoms with Crippen LogP contribution in [0.4, 0.5) is 4.79 Å². The molecule has 1 rings (SSSR count). The summed E-state index contributed by atoms with van der Waals surface area (Å²) in [5.74, 6) is -0.663. The smallest absolute Gasteiger partial charge is 0.326 e. The molecule has 0 aliphatic carbocycles. The van der Waals surface area contributed by atoms with Crippen LogP contribution in [0.2, 0.25) is 0 Å². The van der Waals surface area contributed by atoms with E-state index in [1.807, 2.05) is 19.9 Å². The number of carboxylic acid groups (broad SMARTS) is 1. The first kappa shape index (κ1) is 15.3. The van der Waals surface area contributed by atoms with E-state index >= 15 is 0 Å². The number of rotatable bonds is 5. The molecule has 0 aromatic rings. The van der Waals surface area contributed by atoms with Gasteiger partial charge in [0.1, 0.15) is 6.04 Å². The Bertz CT molecular complexity index is 376. The van der Waals surface area contributed by atoms with Gasteiger partial charge in [-0.05, 0) is 18.8 Å². The van der Waals surface area contributed by atoms with Crippen molar-refractivity contribution in [2.24, 2.45) is 5.92 Å². The predicted molar refractivity (Wildman–Crippen MR) is 69.4 cm³/mol. The van der Waals surface area contributed by atoms with Crippen molar-refractivity contribution in [2.45, 2.75) is 39.2 Å². The van der Waals surface area contributed by atoms with Gasteiger partial charge in [-0.15, -0.1) is 0 Å². The number of hydrogen-bond donors (Lipinski definition) is 1. The van der Waals surface area contributed by atoms with Crippen molar-refractivity contribution >= 4 is 12.0 Å². The molecule has 2 amide bonds. The Morgan fingerprint density at radius 3 is 2.74 bits per heavy atom. The molecule has 6 heteroatoms. The van der Waals surface area contributed by atoms with Crippen LogP contribution in [0.1, 0.15) is 33.1 Å². The summed E-state index contributed by atoms with van der Waals surface area (Å²) in [4.78, 5) is 26.5. The first-order valence-corrected chi connectivity index (χ1v) is 6.62. The Kier molecular flexibility index (Phi) is 5.61. The van der Waals surface area contributed by atoms with E-state index in [2.05, 4.69) is 0 Å². The number of likely N-dealkylation sites (tertiary alicyclic amines) is 1. The van der Waals surface area contributed by atoms with Crippen molar-refractivity contribution in [3.63, 3.8) is 0 Å². The SMILES string of the molecule is CC(C)CN(CCC#N)C(=O)N1CCCC1C(=O)O. The molecule has 19 heavy (non-hydrogen) atoms. The molecule has 1 N–H and O–H groups in total. The summed E-state index contributed by atoms with van der Waals surface area (Å²) < 4.78 is 0. The molecule has 1 aliphatic heterocycles. The third-order valence-corrected chi connectivity index (χ3v) is 3.13. The van der Waals surface area contributed by atoms with E-state index in [1.165, 1.54) is 4.90 Å². The number of aliphatic carboxylic acids is 1. The van der Waals surface area contributed by atoms with E-state index in [0.717, 1.165) is 6.42 Å². The van der Waals surface area contributed by atoms with Gasteiger partial charge in [-0.2, -0.15) is 5.26 Å². The standard InChI is InChI=1S/C13H21N3O3/c1-10(2)9-15(7-4-6-14)13(19)16-8-3-5-11(16)12(17)18/h10-11H,3-5,7-9H2,1-2H3,(H,17,18). The summed E-state index contributed by atoms with van der Waals surface area (Å²) in [6.07, 6.45) is 1.50. The van der Waals surface area contributed by atoms with Crippen molar-refractivity contribution in [1.29, 1.82) is 5.26 Å². The fourth-order valence-corrected chi connectivity index (χ4v) is 2.32. The van der Waals surface area contributed by atoms with Gasteiger partial charge in [0.2, 0.25) is 0 Å². The molecule has 6 nitrogen and oxygen atoms in total.